The van der Waals surface area contributed by atoms with E-state index < -0.39 is 28.0 Å². The number of sulfone groups is 1. The first-order valence-electron chi connectivity index (χ1n) is 8.98. The number of hydrogen-bond donors (Lipinski definition) is 0. The zero-order valence-corrected chi connectivity index (χ0v) is 17.3. The molecule has 0 aromatic heterocycles. The van der Waals surface area contributed by atoms with Crippen LogP contribution in [0.2, 0.25) is 0 Å². The van der Waals surface area contributed by atoms with Crippen LogP contribution in [-0.2, 0) is 16.3 Å². The van der Waals surface area contributed by atoms with Crippen molar-refractivity contribution < 1.29 is 35.9 Å². The Bertz CT molecular complexity index is 1080. The molecule has 1 atom stereocenters. The Labute approximate surface area is 172 Å². The highest BCUT2D eigenvalue weighted by molar-refractivity contribution is 7.90. The van der Waals surface area contributed by atoms with E-state index in [2.05, 4.69) is 0 Å². The van der Waals surface area contributed by atoms with Crippen molar-refractivity contribution in [2.45, 2.75) is 30.5 Å². The second-order valence-corrected chi connectivity index (χ2v) is 8.95. The molecule has 0 fully saturated rings. The Kier molecular flexibility index (Phi) is 5.72. The van der Waals surface area contributed by atoms with Gasteiger partial charge in [-0.1, -0.05) is 0 Å². The van der Waals surface area contributed by atoms with Crippen LogP contribution in [-0.4, -0.2) is 46.5 Å². The fourth-order valence-corrected chi connectivity index (χ4v) is 3.78. The lowest BCUT2D eigenvalue weighted by Gasteiger charge is -2.23. The lowest BCUT2D eigenvalue weighted by Crippen LogP contribution is -2.33. The minimum absolute atomic E-state index is 0.188. The van der Waals surface area contributed by atoms with Gasteiger partial charge in [0.2, 0.25) is 0 Å². The van der Waals surface area contributed by atoms with Gasteiger partial charge in [0.15, 0.2) is 15.9 Å². The molecule has 10 heteroatoms. The van der Waals surface area contributed by atoms with Crippen molar-refractivity contribution in [3.63, 3.8) is 0 Å². The molecule has 2 aromatic rings. The number of nitrogens with zero attached hydrogens (tertiary/aromatic N) is 1. The van der Waals surface area contributed by atoms with Crippen molar-refractivity contribution in [2.75, 3.05) is 24.8 Å². The molecule has 0 unspecified atom stereocenters. The first kappa shape index (κ1) is 21.9. The predicted octanol–water partition coefficient (Wildman–Crippen LogP) is 3.63. The molecular weight excluding hydrogens is 423 g/mol. The van der Waals surface area contributed by atoms with Crippen LogP contribution in [0.4, 0.5) is 18.9 Å². The highest BCUT2D eigenvalue weighted by Gasteiger charge is 2.39. The van der Waals surface area contributed by atoms with Gasteiger partial charge in [0, 0.05) is 18.5 Å². The second kappa shape index (κ2) is 7.82. The Morgan fingerprint density at radius 1 is 1.17 bits per heavy atom. The summed E-state index contributed by atoms with van der Waals surface area (Å²) in [6.07, 6.45) is -5.35. The van der Waals surface area contributed by atoms with Gasteiger partial charge in [0.05, 0.1) is 17.6 Å². The van der Waals surface area contributed by atoms with E-state index in [1.54, 1.807) is 18.2 Å². The number of amides is 1. The van der Waals surface area contributed by atoms with Crippen LogP contribution in [0.3, 0.4) is 0 Å². The lowest BCUT2D eigenvalue weighted by atomic mass is 10.1. The number of methoxy groups -OCH3 is 1. The van der Waals surface area contributed by atoms with Gasteiger partial charge in [0.1, 0.15) is 11.5 Å². The van der Waals surface area contributed by atoms with E-state index in [4.69, 9.17) is 9.47 Å². The Morgan fingerprint density at radius 2 is 1.87 bits per heavy atom. The molecule has 6 nitrogen and oxygen atoms in total. The monoisotopic (exact) mass is 443 g/mol. The van der Waals surface area contributed by atoms with E-state index in [0.29, 0.717) is 24.4 Å². The summed E-state index contributed by atoms with van der Waals surface area (Å²) in [4.78, 5) is 14.4. The smallest absolute Gasteiger partial charge is 0.425 e. The number of benzene rings is 2. The van der Waals surface area contributed by atoms with Gasteiger partial charge in [-0.15, -0.1) is 0 Å². The van der Waals surface area contributed by atoms with E-state index in [0.717, 1.165) is 36.9 Å². The summed E-state index contributed by atoms with van der Waals surface area (Å²) < 4.78 is 73.0. The van der Waals surface area contributed by atoms with Crippen LogP contribution in [0.5, 0.6) is 11.5 Å². The Balaban J connectivity index is 2.04. The molecule has 1 aliphatic rings. The van der Waals surface area contributed by atoms with Crippen molar-refractivity contribution in [1.29, 1.82) is 0 Å². The first-order valence-corrected chi connectivity index (χ1v) is 10.9. The fourth-order valence-electron chi connectivity index (χ4n) is 3.13. The number of hydrogen-bond acceptors (Lipinski definition) is 5. The molecule has 0 bridgehead atoms. The maximum Gasteiger partial charge on any atom is 0.425 e. The second-order valence-electron chi connectivity index (χ2n) is 6.93. The average molecular weight is 443 g/mol. The maximum atomic E-state index is 13.2. The summed E-state index contributed by atoms with van der Waals surface area (Å²) >= 11 is 0. The van der Waals surface area contributed by atoms with Crippen molar-refractivity contribution in [2.24, 2.45) is 0 Å². The Morgan fingerprint density at radius 3 is 2.47 bits per heavy atom. The topological polar surface area (TPSA) is 72.9 Å². The number of ether oxygens (including phenoxy) is 2. The number of carbonyl (C=O) groups excluding carboxylic acids is 1. The highest BCUT2D eigenvalue weighted by Crippen LogP contribution is 2.35. The molecule has 0 radical (unpaired) electrons. The lowest BCUT2D eigenvalue weighted by molar-refractivity contribution is -0.189. The minimum Gasteiger partial charge on any atom is -0.497 e. The van der Waals surface area contributed by atoms with Crippen LogP contribution < -0.4 is 14.4 Å². The number of fused-ring (bicyclic) bond motifs is 1. The van der Waals surface area contributed by atoms with Crippen molar-refractivity contribution in [3.8, 4) is 11.5 Å². The molecule has 0 spiro atoms. The van der Waals surface area contributed by atoms with Crippen LogP contribution in [0, 0.1) is 0 Å². The van der Waals surface area contributed by atoms with Gasteiger partial charge in [-0.2, -0.15) is 13.2 Å². The predicted molar refractivity (Wildman–Crippen MR) is 104 cm³/mol. The molecule has 0 saturated heterocycles. The van der Waals surface area contributed by atoms with Gasteiger partial charge in [-0.3, -0.25) is 4.79 Å². The summed E-state index contributed by atoms with van der Waals surface area (Å²) in [5.41, 5.74) is 1.17. The largest absolute Gasteiger partial charge is 0.497 e. The van der Waals surface area contributed by atoms with Gasteiger partial charge in [-0.05, 0) is 55.3 Å². The number of alkyl halides is 3. The minimum atomic E-state index is -4.65. The SMILES string of the molecule is COc1ccc2c(c1)CCN2C(=O)c1cc(S(C)(=O)=O)ccc1O[C@@H](C)C(F)(F)F. The van der Waals surface area contributed by atoms with Crippen LogP contribution in [0.25, 0.3) is 0 Å². The standard InChI is InChI=1S/C20H20F3NO5S/c1-12(20(21,22)23)29-18-7-5-15(30(3,26)27)11-16(18)19(25)24-9-8-13-10-14(28-2)4-6-17(13)24/h4-7,10-12H,8-9H2,1-3H3/t12-/m0/s1. The summed E-state index contributed by atoms with van der Waals surface area (Å²) in [6, 6.07) is 8.37. The van der Waals surface area contributed by atoms with Gasteiger partial charge in [0.25, 0.3) is 5.91 Å². The number of halogens is 3. The van der Waals surface area contributed by atoms with Crippen molar-refractivity contribution >= 4 is 21.4 Å². The van der Waals surface area contributed by atoms with Gasteiger partial charge in [-0.25, -0.2) is 8.42 Å². The summed E-state index contributed by atoms with van der Waals surface area (Å²) in [5, 5.41) is 0. The molecule has 162 valence electrons. The first-order chi connectivity index (χ1) is 13.9. The molecule has 1 amide bonds. The molecule has 0 N–H and O–H groups in total. The summed E-state index contributed by atoms with van der Waals surface area (Å²) in [6.45, 7) is 1.11. The van der Waals surface area contributed by atoms with E-state index in [1.165, 1.54) is 12.0 Å². The van der Waals surface area contributed by atoms with E-state index in [9.17, 15) is 26.4 Å². The third kappa shape index (κ3) is 4.38. The van der Waals surface area contributed by atoms with Gasteiger partial charge >= 0.3 is 6.18 Å². The van der Waals surface area contributed by atoms with E-state index in [1.807, 2.05) is 0 Å². The van der Waals surface area contributed by atoms with E-state index in [-0.39, 0.29) is 16.2 Å². The van der Waals surface area contributed by atoms with Crippen molar-refractivity contribution in [3.05, 3.63) is 47.5 Å². The zero-order valence-electron chi connectivity index (χ0n) is 16.5. The molecule has 0 saturated carbocycles. The molecule has 2 aromatic carbocycles. The third-order valence-electron chi connectivity index (χ3n) is 4.80. The number of rotatable bonds is 5. The number of carbonyl (C=O) groups is 1. The molecule has 1 aliphatic heterocycles. The molecule has 1 heterocycles. The normalized spacial score (nSPS) is 14.9. The van der Waals surface area contributed by atoms with Crippen LogP contribution in [0.1, 0.15) is 22.8 Å². The average Bonchev–Trinajstić information content (AvgIpc) is 3.09. The molecule has 3 rings (SSSR count). The fraction of sp³-hybridized carbons (Fsp3) is 0.350. The number of anilines is 1. The quantitative estimate of drug-likeness (QED) is 0.706. The molecule has 0 aliphatic carbocycles. The highest BCUT2D eigenvalue weighted by atomic mass is 32.2. The molecule has 30 heavy (non-hydrogen) atoms. The van der Waals surface area contributed by atoms with Crippen molar-refractivity contribution in [1.82, 2.24) is 0 Å². The van der Waals surface area contributed by atoms with Crippen LogP contribution in [0.15, 0.2) is 41.3 Å². The van der Waals surface area contributed by atoms with Gasteiger partial charge < -0.3 is 14.4 Å². The molecular formula is C20H20F3NO5S. The summed E-state index contributed by atoms with van der Waals surface area (Å²) in [7, 11) is -2.17. The Hall–Kier alpha value is -2.75. The maximum absolute atomic E-state index is 13.2. The third-order valence-corrected chi connectivity index (χ3v) is 5.91. The van der Waals surface area contributed by atoms with Crippen LogP contribution >= 0.6 is 0 Å². The zero-order chi connectivity index (χ0) is 22.3. The summed E-state index contributed by atoms with van der Waals surface area (Å²) in [5.74, 6) is -0.363. The van der Waals surface area contributed by atoms with E-state index >= 15 is 0 Å².